The van der Waals surface area contributed by atoms with Crippen LogP contribution in [0.4, 0.5) is 6.01 Å². The van der Waals surface area contributed by atoms with Crippen molar-refractivity contribution >= 4 is 39.7 Å². The van der Waals surface area contributed by atoms with Crippen LogP contribution in [0.15, 0.2) is 47.1 Å². The number of hydrogen-bond acceptors (Lipinski definition) is 5. The number of nitrogens with one attached hydrogen (secondary N) is 1. The van der Waals surface area contributed by atoms with Crippen LogP contribution in [-0.2, 0) is 6.54 Å². The Hall–Kier alpha value is -2.57. The van der Waals surface area contributed by atoms with Gasteiger partial charge in [0.1, 0.15) is 5.52 Å². The Morgan fingerprint density at radius 2 is 2.00 bits per heavy atom. The van der Waals surface area contributed by atoms with Crippen molar-refractivity contribution in [2.45, 2.75) is 44.4 Å². The van der Waals surface area contributed by atoms with Crippen LogP contribution >= 0.6 is 11.6 Å². The lowest BCUT2D eigenvalue weighted by molar-refractivity contribution is 0.115. The molecule has 1 aliphatic carbocycles. The summed E-state index contributed by atoms with van der Waals surface area (Å²) in [7, 11) is 0. The predicted octanol–water partition coefficient (Wildman–Crippen LogP) is 4.59. The van der Waals surface area contributed by atoms with Crippen LogP contribution in [0.25, 0.3) is 22.1 Å². The van der Waals surface area contributed by atoms with Crippen LogP contribution in [0.2, 0.25) is 5.02 Å². The van der Waals surface area contributed by atoms with Crippen molar-refractivity contribution in [3.05, 3.63) is 53.3 Å². The van der Waals surface area contributed by atoms with E-state index in [2.05, 4.69) is 19.9 Å². The first kappa shape index (κ1) is 17.5. The molecule has 5 rings (SSSR count). The third kappa shape index (κ3) is 3.34. The van der Waals surface area contributed by atoms with Crippen molar-refractivity contribution < 1.29 is 9.52 Å². The van der Waals surface area contributed by atoms with Crippen LogP contribution in [0.5, 0.6) is 0 Å². The fourth-order valence-electron chi connectivity index (χ4n) is 3.92. The third-order valence-electron chi connectivity index (χ3n) is 5.43. The van der Waals surface area contributed by atoms with Crippen molar-refractivity contribution in [2.24, 2.45) is 0 Å². The van der Waals surface area contributed by atoms with E-state index in [0.717, 1.165) is 53.4 Å². The van der Waals surface area contributed by atoms with Gasteiger partial charge in [-0.1, -0.05) is 30.5 Å². The average Bonchev–Trinajstić information content (AvgIpc) is 3.27. The Morgan fingerprint density at radius 1 is 1.14 bits per heavy atom. The summed E-state index contributed by atoms with van der Waals surface area (Å²) in [5, 5.41) is 14.1. The van der Waals surface area contributed by atoms with Gasteiger partial charge in [0.25, 0.3) is 6.01 Å². The van der Waals surface area contributed by atoms with E-state index in [-0.39, 0.29) is 12.1 Å². The van der Waals surface area contributed by atoms with Gasteiger partial charge in [-0.15, -0.1) is 0 Å². The highest BCUT2D eigenvalue weighted by Gasteiger charge is 2.24. The molecule has 6 nitrogen and oxygen atoms in total. The van der Waals surface area contributed by atoms with Crippen molar-refractivity contribution in [1.29, 1.82) is 0 Å². The van der Waals surface area contributed by atoms with Gasteiger partial charge in [-0.25, -0.2) is 4.98 Å². The highest BCUT2D eigenvalue weighted by molar-refractivity contribution is 6.31. The number of imidazole rings is 1. The lowest BCUT2D eigenvalue weighted by atomic mass is 9.93. The molecule has 0 aliphatic heterocycles. The van der Waals surface area contributed by atoms with Gasteiger partial charge in [0.15, 0.2) is 5.58 Å². The van der Waals surface area contributed by atoms with Crippen LogP contribution in [0.1, 0.15) is 31.2 Å². The summed E-state index contributed by atoms with van der Waals surface area (Å²) in [4.78, 5) is 8.94. The van der Waals surface area contributed by atoms with Crippen LogP contribution < -0.4 is 5.32 Å². The smallest absolute Gasteiger partial charge is 0.295 e. The largest absolute Gasteiger partial charge is 0.424 e. The second kappa shape index (κ2) is 7.11. The minimum Gasteiger partial charge on any atom is -0.424 e. The van der Waals surface area contributed by atoms with E-state index in [4.69, 9.17) is 16.0 Å². The van der Waals surface area contributed by atoms with Gasteiger partial charge in [-0.3, -0.25) is 0 Å². The molecule has 1 saturated carbocycles. The first-order chi connectivity index (χ1) is 13.7. The van der Waals surface area contributed by atoms with E-state index < -0.39 is 0 Å². The monoisotopic (exact) mass is 396 g/mol. The molecule has 28 heavy (non-hydrogen) atoms. The molecule has 1 aliphatic rings. The molecule has 4 aromatic rings. The number of benzene rings is 2. The second-order valence-electron chi connectivity index (χ2n) is 7.43. The summed E-state index contributed by atoms with van der Waals surface area (Å²) in [5.41, 5.74) is 4.54. The molecule has 0 amide bonds. The Bertz CT molecular complexity index is 1140. The molecule has 7 heteroatoms. The number of halogens is 1. The van der Waals surface area contributed by atoms with Crippen LogP contribution in [0.3, 0.4) is 0 Å². The Morgan fingerprint density at radius 3 is 2.89 bits per heavy atom. The summed E-state index contributed by atoms with van der Waals surface area (Å²) in [5.74, 6) is 0. The normalized spacial score (nSPS) is 20.1. The van der Waals surface area contributed by atoms with Crippen molar-refractivity contribution in [1.82, 2.24) is 14.5 Å². The number of anilines is 1. The fraction of sp³-hybridized carbons (Fsp3) is 0.333. The minimum atomic E-state index is -0.347. The molecule has 2 aromatic carbocycles. The fourth-order valence-corrected chi connectivity index (χ4v) is 4.09. The van der Waals surface area contributed by atoms with Gasteiger partial charge in [-0.05, 0) is 48.7 Å². The lowest BCUT2D eigenvalue weighted by Gasteiger charge is -2.27. The zero-order valence-corrected chi connectivity index (χ0v) is 16.1. The SMILES string of the molecule is OC1CCCCC1Nc1nc2ccc(Cn3cnc4ccc(Cl)cc43)cc2o1. The first-order valence-corrected chi connectivity index (χ1v) is 9.98. The molecule has 0 saturated heterocycles. The van der Waals surface area contributed by atoms with Crippen molar-refractivity contribution in [2.75, 3.05) is 5.32 Å². The van der Waals surface area contributed by atoms with E-state index in [0.29, 0.717) is 17.6 Å². The molecule has 2 atom stereocenters. The van der Waals surface area contributed by atoms with Crippen LogP contribution in [-0.4, -0.2) is 31.8 Å². The molecule has 0 spiro atoms. The van der Waals surface area contributed by atoms with E-state index >= 15 is 0 Å². The van der Waals surface area contributed by atoms with Crippen LogP contribution in [0, 0.1) is 0 Å². The Balaban J connectivity index is 1.39. The molecule has 2 heterocycles. The highest BCUT2D eigenvalue weighted by Crippen LogP contribution is 2.26. The van der Waals surface area contributed by atoms with Gasteiger partial charge in [0.2, 0.25) is 0 Å². The van der Waals surface area contributed by atoms with Gasteiger partial charge in [-0.2, -0.15) is 4.98 Å². The third-order valence-corrected chi connectivity index (χ3v) is 5.66. The molecule has 2 unspecified atom stereocenters. The summed E-state index contributed by atoms with van der Waals surface area (Å²) in [6, 6.07) is 12.2. The standard InChI is InChI=1S/C21H21ClN4O2/c22-14-6-8-15-18(10-14)26(12-23-15)11-13-5-7-17-20(9-13)28-21(25-17)24-16-3-1-2-4-19(16)27/h5-10,12,16,19,27H,1-4,11H2,(H,24,25). The molecule has 1 fully saturated rings. The van der Waals surface area contributed by atoms with Gasteiger partial charge in [0.05, 0.1) is 29.5 Å². The Labute approximate surface area is 167 Å². The summed E-state index contributed by atoms with van der Waals surface area (Å²) >= 11 is 6.13. The molecule has 2 aromatic heterocycles. The predicted molar refractivity (Wildman–Crippen MR) is 110 cm³/mol. The summed E-state index contributed by atoms with van der Waals surface area (Å²) < 4.78 is 7.97. The molecule has 0 radical (unpaired) electrons. The second-order valence-corrected chi connectivity index (χ2v) is 7.87. The zero-order valence-electron chi connectivity index (χ0n) is 15.3. The summed E-state index contributed by atoms with van der Waals surface area (Å²) in [6.07, 6.45) is 5.42. The van der Waals surface area contributed by atoms with Gasteiger partial charge < -0.3 is 19.4 Å². The molecule has 2 N–H and O–H groups in total. The quantitative estimate of drug-likeness (QED) is 0.527. The molecule has 0 bridgehead atoms. The average molecular weight is 397 g/mol. The van der Waals surface area contributed by atoms with Crippen molar-refractivity contribution in [3.63, 3.8) is 0 Å². The number of aliphatic hydroxyl groups is 1. The highest BCUT2D eigenvalue weighted by atomic mass is 35.5. The van der Waals surface area contributed by atoms with Gasteiger partial charge in [0, 0.05) is 11.6 Å². The van der Waals surface area contributed by atoms with E-state index in [1.807, 2.05) is 42.7 Å². The van der Waals surface area contributed by atoms with E-state index in [1.165, 1.54) is 0 Å². The number of fused-ring (bicyclic) bond motifs is 2. The Kier molecular flexibility index (Phi) is 4.45. The van der Waals surface area contributed by atoms with E-state index in [9.17, 15) is 5.11 Å². The maximum Gasteiger partial charge on any atom is 0.295 e. The molecular weight excluding hydrogens is 376 g/mol. The van der Waals surface area contributed by atoms with Crippen molar-refractivity contribution in [3.8, 4) is 0 Å². The number of aliphatic hydroxyl groups excluding tert-OH is 1. The molecule has 144 valence electrons. The maximum atomic E-state index is 10.1. The first-order valence-electron chi connectivity index (χ1n) is 9.60. The number of rotatable bonds is 4. The van der Waals surface area contributed by atoms with Gasteiger partial charge >= 0.3 is 0 Å². The number of hydrogen-bond donors (Lipinski definition) is 2. The number of oxazole rings is 1. The topological polar surface area (TPSA) is 76.1 Å². The number of aromatic nitrogens is 3. The zero-order chi connectivity index (χ0) is 19.1. The number of nitrogens with zero attached hydrogens (tertiary/aromatic N) is 3. The molecular formula is C21H21ClN4O2. The summed E-state index contributed by atoms with van der Waals surface area (Å²) in [6.45, 7) is 0.664. The lowest BCUT2D eigenvalue weighted by Crippen LogP contribution is -2.36. The van der Waals surface area contributed by atoms with E-state index in [1.54, 1.807) is 0 Å². The maximum absolute atomic E-state index is 10.1. The minimum absolute atomic E-state index is 0.00310.